The third kappa shape index (κ3) is 2.68. The van der Waals surface area contributed by atoms with E-state index in [1.807, 2.05) is 37.3 Å². The number of benzene rings is 2. The second kappa shape index (κ2) is 5.46. The molecule has 0 aliphatic heterocycles. The maximum Gasteiger partial charge on any atom is 0.250 e. The van der Waals surface area contributed by atoms with E-state index < -0.39 is 11.9 Å². The predicted molar refractivity (Wildman–Crippen MR) is 76.9 cm³/mol. The standard InChI is InChI=1S/C16H14FN3O/c1-10-7-8-12(13(17)9-10)15-19-20-16(21-15)14(18)11-5-3-2-4-6-11/h2-9,14H,18H2,1H3. The fraction of sp³-hybridized carbons (Fsp3) is 0.125. The average molecular weight is 283 g/mol. The molecule has 1 unspecified atom stereocenters. The van der Waals surface area contributed by atoms with Crippen LogP contribution >= 0.6 is 0 Å². The van der Waals surface area contributed by atoms with E-state index in [0.717, 1.165) is 11.1 Å². The van der Waals surface area contributed by atoms with E-state index >= 15 is 0 Å². The fourth-order valence-corrected chi connectivity index (χ4v) is 2.07. The summed E-state index contributed by atoms with van der Waals surface area (Å²) in [7, 11) is 0. The highest BCUT2D eigenvalue weighted by atomic mass is 19.1. The molecule has 2 aromatic carbocycles. The zero-order valence-electron chi connectivity index (χ0n) is 11.5. The minimum Gasteiger partial charge on any atom is -0.418 e. The molecule has 0 fully saturated rings. The summed E-state index contributed by atoms with van der Waals surface area (Å²) in [6.07, 6.45) is 0. The molecule has 0 aliphatic rings. The Hall–Kier alpha value is -2.53. The van der Waals surface area contributed by atoms with Gasteiger partial charge in [0.1, 0.15) is 11.9 Å². The van der Waals surface area contributed by atoms with Crippen LogP contribution < -0.4 is 5.73 Å². The smallest absolute Gasteiger partial charge is 0.250 e. The monoisotopic (exact) mass is 283 g/mol. The first-order valence-electron chi connectivity index (χ1n) is 6.55. The third-order valence-corrected chi connectivity index (χ3v) is 3.22. The van der Waals surface area contributed by atoms with Gasteiger partial charge in [-0.1, -0.05) is 36.4 Å². The molecule has 1 aromatic heterocycles. The second-order valence-electron chi connectivity index (χ2n) is 4.82. The van der Waals surface area contributed by atoms with Crippen LogP contribution in [-0.2, 0) is 0 Å². The molecule has 3 aromatic rings. The number of halogens is 1. The van der Waals surface area contributed by atoms with E-state index in [9.17, 15) is 4.39 Å². The zero-order valence-corrected chi connectivity index (χ0v) is 11.5. The molecule has 106 valence electrons. The van der Waals surface area contributed by atoms with Crippen molar-refractivity contribution in [3.63, 3.8) is 0 Å². The Morgan fingerprint density at radius 1 is 1.10 bits per heavy atom. The van der Waals surface area contributed by atoms with Crippen LogP contribution in [0.1, 0.15) is 23.1 Å². The van der Waals surface area contributed by atoms with Crippen LogP contribution in [0.2, 0.25) is 0 Å². The van der Waals surface area contributed by atoms with E-state index in [0.29, 0.717) is 0 Å². The van der Waals surface area contributed by atoms with Crippen LogP contribution in [0.3, 0.4) is 0 Å². The van der Waals surface area contributed by atoms with Crippen molar-refractivity contribution in [3.8, 4) is 11.5 Å². The number of hydrogen-bond acceptors (Lipinski definition) is 4. The van der Waals surface area contributed by atoms with Gasteiger partial charge in [-0.05, 0) is 30.2 Å². The number of nitrogens with zero attached hydrogens (tertiary/aromatic N) is 2. The van der Waals surface area contributed by atoms with Gasteiger partial charge in [-0.15, -0.1) is 10.2 Å². The van der Waals surface area contributed by atoms with Crippen LogP contribution in [0, 0.1) is 12.7 Å². The van der Waals surface area contributed by atoms with Crippen molar-refractivity contribution in [3.05, 3.63) is 71.4 Å². The van der Waals surface area contributed by atoms with Crippen molar-refractivity contribution in [1.29, 1.82) is 0 Å². The lowest BCUT2D eigenvalue weighted by molar-refractivity contribution is 0.481. The zero-order chi connectivity index (χ0) is 14.8. The van der Waals surface area contributed by atoms with Crippen molar-refractivity contribution in [2.24, 2.45) is 5.73 Å². The molecule has 1 heterocycles. The summed E-state index contributed by atoms with van der Waals surface area (Å²) in [5.41, 5.74) is 8.05. The van der Waals surface area contributed by atoms with Crippen LogP contribution in [0.15, 0.2) is 52.9 Å². The molecule has 0 saturated heterocycles. The maximum atomic E-state index is 13.9. The van der Waals surface area contributed by atoms with Crippen LogP contribution in [-0.4, -0.2) is 10.2 Å². The van der Waals surface area contributed by atoms with Gasteiger partial charge in [0, 0.05) is 0 Å². The Morgan fingerprint density at radius 3 is 2.57 bits per heavy atom. The molecule has 5 heteroatoms. The summed E-state index contributed by atoms with van der Waals surface area (Å²) in [5, 5.41) is 7.81. The van der Waals surface area contributed by atoms with E-state index in [-0.39, 0.29) is 17.3 Å². The molecule has 0 amide bonds. The number of aromatic nitrogens is 2. The first-order valence-corrected chi connectivity index (χ1v) is 6.55. The largest absolute Gasteiger partial charge is 0.418 e. The Labute approximate surface area is 121 Å². The van der Waals surface area contributed by atoms with Crippen LogP contribution in [0.5, 0.6) is 0 Å². The number of rotatable bonds is 3. The summed E-state index contributed by atoms with van der Waals surface area (Å²) in [6, 6.07) is 13.7. The van der Waals surface area contributed by atoms with Gasteiger partial charge in [0.15, 0.2) is 0 Å². The minimum atomic E-state index is -0.527. The highest BCUT2D eigenvalue weighted by molar-refractivity contribution is 5.54. The third-order valence-electron chi connectivity index (χ3n) is 3.22. The van der Waals surface area contributed by atoms with Crippen molar-refractivity contribution in [2.75, 3.05) is 0 Å². The van der Waals surface area contributed by atoms with Crippen molar-refractivity contribution in [2.45, 2.75) is 13.0 Å². The molecular formula is C16H14FN3O. The summed E-state index contributed by atoms with van der Waals surface area (Å²) < 4.78 is 19.4. The summed E-state index contributed by atoms with van der Waals surface area (Å²) in [5.74, 6) is 0.00328. The molecule has 3 rings (SSSR count). The van der Waals surface area contributed by atoms with Crippen molar-refractivity contribution < 1.29 is 8.81 Å². The summed E-state index contributed by atoms with van der Waals surface area (Å²) in [4.78, 5) is 0. The minimum absolute atomic E-state index is 0.133. The lowest BCUT2D eigenvalue weighted by Gasteiger charge is -2.06. The molecule has 4 nitrogen and oxygen atoms in total. The Balaban J connectivity index is 1.93. The maximum absolute atomic E-state index is 13.9. The fourth-order valence-electron chi connectivity index (χ4n) is 2.07. The summed E-state index contributed by atoms with van der Waals surface area (Å²) in [6.45, 7) is 1.82. The van der Waals surface area contributed by atoms with E-state index in [2.05, 4.69) is 10.2 Å². The molecule has 0 spiro atoms. The lowest BCUT2D eigenvalue weighted by Crippen LogP contribution is -2.11. The van der Waals surface area contributed by atoms with Gasteiger partial charge < -0.3 is 10.2 Å². The molecule has 21 heavy (non-hydrogen) atoms. The highest BCUT2D eigenvalue weighted by Crippen LogP contribution is 2.25. The van der Waals surface area contributed by atoms with Crippen molar-refractivity contribution >= 4 is 0 Å². The Kier molecular flexibility index (Phi) is 3.50. The Bertz CT molecular complexity index is 755. The van der Waals surface area contributed by atoms with E-state index in [4.69, 9.17) is 10.2 Å². The topological polar surface area (TPSA) is 64.9 Å². The molecule has 0 radical (unpaired) electrons. The number of aryl methyl sites for hydroxylation is 1. The molecule has 0 aliphatic carbocycles. The first-order chi connectivity index (χ1) is 10.1. The predicted octanol–water partition coefficient (Wildman–Crippen LogP) is 3.23. The van der Waals surface area contributed by atoms with Gasteiger partial charge >= 0.3 is 0 Å². The average Bonchev–Trinajstić information content (AvgIpc) is 2.97. The summed E-state index contributed by atoms with van der Waals surface area (Å²) >= 11 is 0. The number of nitrogens with two attached hydrogens (primary N) is 1. The molecule has 1 atom stereocenters. The molecular weight excluding hydrogens is 269 g/mol. The van der Waals surface area contributed by atoms with Gasteiger partial charge in [-0.2, -0.15) is 0 Å². The highest BCUT2D eigenvalue weighted by Gasteiger charge is 2.18. The van der Waals surface area contributed by atoms with E-state index in [1.165, 1.54) is 6.07 Å². The van der Waals surface area contributed by atoms with Gasteiger partial charge in [-0.3, -0.25) is 0 Å². The van der Waals surface area contributed by atoms with Crippen LogP contribution in [0.25, 0.3) is 11.5 Å². The normalized spacial score (nSPS) is 12.3. The van der Waals surface area contributed by atoms with Crippen molar-refractivity contribution in [1.82, 2.24) is 10.2 Å². The molecule has 0 bridgehead atoms. The SMILES string of the molecule is Cc1ccc(-c2nnc(C(N)c3ccccc3)o2)c(F)c1. The lowest BCUT2D eigenvalue weighted by atomic mass is 10.1. The number of hydrogen-bond donors (Lipinski definition) is 1. The Morgan fingerprint density at radius 2 is 1.86 bits per heavy atom. The molecule has 0 saturated carbocycles. The van der Waals surface area contributed by atoms with Gasteiger partial charge in [0.2, 0.25) is 5.89 Å². The first kappa shape index (κ1) is 13.5. The van der Waals surface area contributed by atoms with Gasteiger partial charge in [-0.25, -0.2) is 4.39 Å². The second-order valence-corrected chi connectivity index (χ2v) is 4.82. The van der Waals surface area contributed by atoms with E-state index in [1.54, 1.807) is 12.1 Å². The quantitative estimate of drug-likeness (QED) is 0.801. The molecule has 2 N–H and O–H groups in total. The van der Waals surface area contributed by atoms with Gasteiger partial charge in [0.05, 0.1) is 5.56 Å². The van der Waals surface area contributed by atoms with Crippen LogP contribution in [0.4, 0.5) is 4.39 Å². The van der Waals surface area contributed by atoms with Gasteiger partial charge in [0.25, 0.3) is 5.89 Å².